The molecule has 0 saturated carbocycles. The van der Waals surface area contributed by atoms with Gasteiger partial charge < -0.3 is 20.9 Å². The third-order valence-corrected chi connectivity index (χ3v) is 2.38. The molecule has 0 atom stereocenters. The van der Waals surface area contributed by atoms with E-state index in [1.165, 1.54) is 0 Å². The summed E-state index contributed by atoms with van der Waals surface area (Å²) >= 11 is 0. The second kappa shape index (κ2) is 7.72. The molecule has 2 aliphatic rings. The van der Waals surface area contributed by atoms with Crippen molar-refractivity contribution in [2.45, 2.75) is 0 Å². The normalized spacial score (nSPS) is 17.3. The number of nitrogens with two attached hydrogens (primary N) is 2. The summed E-state index contributed by atoms with van der Waals surface area (Å²) in [5.41, 5.74) is 9.44. The smallest absolute Gasteiger partial charge is 0.404 e. The van der Waals surface area contributed by atoms with Crippen molar-refractivity contribution >= 4 is 12.2 Å². The van der Waals surface area contributed by atoms with Gasteiger partial charge in [0.1, 0.15) is 13.2 Å². The Hall–Kier alpha value is -1.54. The molecular formula is C10H20N4O4. The third-order valence-electron chi connectivity index (χ3n) is 2.38. The van der Waals surface area contributed by atoms with Crippen LogP contribution in [0, 0.1) is 0 Å². The van der Waals surface area contributed by atoms with Crippen molar-refractivity contribution in [3.63, 3.8) is 0 Å². The lowest BCUT2D eigenvalue weighted by Crippen LogP contribution is -2.17. The molecule has 8 nitrogen and oxygen atoms in total. The van der Waals surface area contributed by atoms with Crippen LogP contribution >= 0.6 is 0 Å². The molecule has 104 valence electrons. The Kier molecular flexibility index (Phi) is 6.23. The van der Waals surface area contributed by atoms with Crippen molar-refractivity contribution in [2.24, 2.45) is 11.5 Å². The van der Waals surface area contributed by atoms with E-state index in [9.17, 15) is 9.59 Å². The van der Waals surface area contributed by atoms with Gasteiger partial charge >= 0.3 is 12.2 Å². The van der Waals surface area contributed by atoms with Crippen molar-refractivity contribution in [1.82, 2.24) is 9.80 Å². The minimum Gasteiger partial charge on any atom is -0.448 e. The first kappa shape index (κ1) is 14.5. The average molecular weight is 260 g/mol. The second-order valence-corrected chi connectivity index (χ2v) is 4.02. The number of hydrogen-bond donors (Lipinski definition) is 2. The standard InChI is InChI=1S/2C5H10N2O2/c2*6-5(8)9-4-3-7-1-2-7/h2*1-4H2,(H2,6,8). The van der Waals surface area contributed by atoms with Crippen LogP contribution in [-0.4, -0.2) is 74.5 Å². The van der Waals surface area contributed by atoms with Gasteiger partial charge in [-0.1, -0.05) is 0 Å². The number of nitrogens with zero attached hydrogens (tertiary/aromatic N) is 2. The van der Waals surface area contributed by atoms with Crippen LogP contribution in [-0.2, 0) is 9.47 Å². The average Bonchev–Trinajstić information content (AvgIpc) is 3.12. The first-order valence-electron chi connectivity index (χ1n) is 5.87. The fraction of sp³-hybridized carbons (Fsp3) is 0.800. The summed E-state index contributed by atoms with van der Waals surface area (Å²) in [6.45, 7) is 7.00. The molecule has 2 amide bonds. The maximum atomic E-state index is 9.98. The summed E-state index contributed by atoms with van der Waals surface area (Å²) in [5.74, 6) is 0. The Morgan fingerprint density at radius 2 is 1.17 bits per heavy atom. The van der Waals surface area contributed by atoms with E-state index in [4.69, 9.17) is 11.5 Å². The fourth-order valence-corrected chi connectivity index (χ4v) is 1.14. The van der Waals surface area contributed by atoms with E-state index in [1.54, 1.807) is 0 Å². The Balaban J connectivity index is 0.000000180. The van der Waals surface area contributed by atoms with Crippen molar-refractivity contribution in [3.8, 4) is 0 Å². The number of primary amides is 2. The van der Waals surface area contributed by atoms with Crippen LogP contribution in [0.15, 0.2) is 0 Å². The SMILES string of the molecule is NC(=O)OCCN1CC1.NC(=O)OCCN1CC1. The highest BCUT2D eigenvalue weighted by molar-refractivity contribution is 5.64. The molecule has 2 saturated heterocycles. The van der Waals surface area contributed by atoms with Gasteiger partial charge in [0.2, 0.25) is 0 Å². The van der Waals surface area contributed by atoms with Crippen LogP contribution < -0.4 is 11.5 Å². The van der Waals surface area contributed by atoms with Gasteiger partial charge in [-0.2, -0.15) is 0 Å². The molecule has 0 radical (unpaired) electrons. The van der Waals surface area contributed by atoms with Crippen molar-refractivity contribution in [1.29, 1.82) is 0 Å². The fourth-order valence-electron chi connectivity index (χ4n) is 1.14. The minimum absolute atomic E-state index is 0.426. The van der Waals surface area contributed by atoms with Gasteiger partial charge in [-0.05, 0) is 0 Å². The predicted molar refractivity (Wildman–Crippen MR) is 64.0 cm³/mol. The molecule has 2 fully saturated rings. The summed E-state index contributed by atoms with van der Waals surface area (Å²) in [6.07, 6.45) is -1.37. The molecule has 0 aromatic heterocycles. The molecule has 0 spiro atoms. The van der Waals surface area contributed by atoms with Crippen LogP contribution in [0.5, 0.6) is 0 Å². The molecule has 8 heteroatoms. The predicted octanol–water partition coefficient (Wildman–Crippen LogP) is -1.21. The van der Waals surface area contributed by atoms with E-state index in [0.29, 0.717) is 13.2 Å². The quantitative estimate of drug-likeness (QED) is 0.580. The number of carbonyl (C=O) groups excluding carboxylic acids is 2. The van der Waals surface area contributed by atoms with Gasteiger partial charge in [0, 0.05) is 39.3 Å². The molecule has 0 unspecified atom stereocenters. The minimum atomic E-state index is -0.683. The number of rotatable bonds is 6. The largest absolute Gasteiger partial charge is 0.448 e. The van der Waals surface area contributed by atoms with Gasteiger partial charge in [-0.3, -0.25) is 9.80 Å². The van der Waals surface area contributed by atoms with E-state index < -0.39 is 12.2 Å². The second-order valence-electron chi connectivity index (χ2n) is 4.02. The van der Waals surface area contributed by atoms with Gasteiger partial charge in [0.25, 0.3) is 0 Å². The Labute approximate surface area is 106 Å². The number of ether oxygens (including phenoxy) is 2. The van der Waals surface area contributed by atoms with Crippen LogP contribution in [0.2, 0.25) is 0 Å². The molecule has 2 rings (SSSR count). The summed E-state index contributed by atoms with van der Waals surface area (Å²) < 4.78 is 8.98. The third kappa shape index (κ3) is 9.67. The van der Waals surface area contributed by atoms with E-state index in [2.05, 4.69) is 19.3 Å². The Morgan fingerprint density at radius 1 is 0.833 bits per heavy atom. The van der Waals surface area contributed by atoms with E-state index in [0.717, 1.165) is 39.3 Å². The van der Waals surface area contributed by atoms with E-state index >= 15 is 0 Å². The van der Waals surface area contributed by atoms with Crippen LogP contribution in [0.3, 0.4) is 0 Å². The molecule has 0 aromatic rings. The summed E-state index contributed by atoms with van der Waals surface area (Å²) in [6, 6.07) is 0. The van der Waals surface area contributed by atoms with Crippen molar-refractivity contribution in [3.05, 3.63) is 0 Å². The molecule has 2 heterocycles. The molecule has 2 aliphatic heterocycles. The monoisotopic (exact) mass is 260 g/mol. The number of hydrogen-bond acceptors (Lipinski definition) is 6. The van der Waals surface area contributed by atoms with Crippen LogP contribution in [0.25, 0.3) is 0 Å². The maximum absolute atomic E-state index is 9.98. The highest BCUT2D eigenvalue weighted by Gasteiger charge is 2.16. The molecule has 18 heavy (non-hydrogen) atoms. The summed E-state index contributed by atoms with van der Waals surface area (Å²) in [5, 5.41) is 0. The lowest BCUT2D eigenvalue weighted by atomic mass is 10.7. The topological polar surface area (TPSA) is 111 Å². The zero-order valence-electron chi connectivity index (χ0n) is 10.3. The molecule has 0 aliphatic carbocycles. The lowest BCUT2D eigenvalue weighted by molar-refractivity contribution is 0.151. The highest BCUT2D eigenvalue weighted by atomic mass is 16.5. The van der Waals surface area contributed by atoms with Crippen LogP contribution in [0.4, 0.5) is 9.59 Å². The van der Waals surface area contributed by atoms with Crippen LogP contribution in [0.1, 0.15) is 0 Å². The van der Waals surface area contributed by atoms with Gasteiger partial charge in [0.15, 0.2) is 0 Å². The number of amides is 2. The Morgan fingerprint density at radius 3 is 1.39 bits per heavy atom. The first-order valence-corrected chi connectivity index (χ1v) is 5.87. The zero-order valence-corrected chi connectivity index (χ0v) is 10.3. The molecule has 4 N–H and O–H groups in total. The highest BCUT2D eigenvalue weighted by Crippen LogP contribution is 2.01. The maximum Gasteiger partial charge on any atom is 0.404 e. The molecule has 0 aromatic carbocycles. The molecular weight excluding hydrogens is 240 g/mol. The van der Waals surface area contributed by atoms with E-state index in [-0.39, 0.29) is 0 Å². The van der Waals surface area contributed by atoms with Crippen molar-refractivity contribution in [2.75, 3.05) is 52.5 Å². The molecule has 0 bridgehead atoms. The van der Waals surface area contributed by atoms with Gasteiger partial charge in [0.05, 0.1) is 0 Å². The lowest BCUT2D eigenvalue weighted by Gasteiger charge is -1.99. The summed E-state index contributed by atoms with van der Waals surface area (Å²) in [4.78, 5) is 24.3. The van der Waals surface area contributed by atoms with Crippen molar-refractivity contribution < 1.29 is 19.1 Å². The Bertz CT molecular complexity index is 251. The number of carbonyl (C=O) groups is 2. The van der Waals surface area contributed by atoms with E-state index in [1.807, 2.05) is 0 Å². The van der Waals surface area contributed by atoms with Gasteiger partial charge in [-0.25, -0.2) is 9.59 Å². The first-order chi connectivity index (χ1) is 8.58. The zero-order chi connectivity index (χ0) is 13.4. The van der Waals surface area contributed by atoms with Gasteiger partial charge in [-0.15, -0.1) is 0 Å². The summed E-state index contributed by atoms with van der Waals surface area (Å²) in [7, 11) is 0.